The predicted octanol–water partition coefficient (Wildman–Crippen LogP) is 3.74. The number of rotatable bonds is 4. The van der Waals surface area contributed by atoms with Gasteiger partial charge in [-0.25, -0.2) is 4.39 Å². The molecule has 1 N–H and O–H groups in total. The van der Waals surface area contributed by atoms with Crippen molar-refractivity contribution in [2.75, 3.05) is 6.54 Å². The van der Waals surface area contributed by atoms with Gasteiger partial charge in [-0.15, -0.1) is 0 Å². The van der Waals surface area contributed by atoms with Gasteiger partial charge in [-0.1, -0.05) is 27.2 Å². The zero-order chi connectivity index (χ0) is 13.8. The minimum Gasteiger partial charge on any atom is -0.314 e. The third-order valence-electron chi connectivity index (χ3n) is 4.20. The van der Waals surface area contributed by atoms with Crippen LogP contribution in [-0.4, -0.2) is 17.6 Å². The zero-order valence-electron chi connectivity index (χ0n) is 12.2. The molecule has 3 heteroatoms. The van der Waals surface area contributed by atoms with Crippen LogP contribution >= 0.6 is 0 Å². The Morgan fingerprint density at radius 1 is 1.37 bits per heavy atom. The Morgan fingerprint density at radius 2 is 2.16 bits per heavy atom. The van der Waals surface area contributed by atoms with Crippen LogP contribution < -0.4 is 5.32 Å². The maximum absolute atomic E-state index is 13.4. The van der Waals surface area contributed by atoms with Gasteiger partial charge in [0, 0.05) is 12.2 Å². The summed E-state index contributed by atoms with van der Waals surface area (Å²) in [5.41, 5.74) is 1.07. The molecular formula is C16H25FN2. The van der Waals surface area contributed by atoms with E-state index in [0.29, 0.717) is 17.9 Å². The lowest BCUT2D eigenvalue weighted by Crippen LogP contribution is -2.34. The van der Waals surface area contributed by atoms with E-state index in [9.17, 15) is 4.39 Å². The third-order valence-corrected chi connectivity index (χ3v) is 4.20. The molecule has 0 amide bonds. The van der Waals surface area contributed by atoms with E-state index in [4.69, 9.17) is 0 Å². The lowest BCUT2D eigenvalue weighted by molar-refractivity contribution is 0.237. The minimum absolute atomic E-state index is 0.216. The molecular weight excluding hydrogens is 239 g/mol. The van der Waals surface area contributed by atoms with Crippen molar-refractivity contribution < 1.29 is 4.39 Å². The Kier molecular flexibility index (Phi) is 4.92. The third kappa shape index (κ3) is 4.00. The number of nitrogens with zero attached hydrogens (tertiary/aromatic N) is 1. The van der Waals surface area contributed by atoms with Gasteiger partial charge in [0.05, 0.1) is 6.20 Å². The zero-order valence-corrected chi connectivity index (χ0v) is 12.2. The summed E-state index contributed by atoms with van der Waals surface area (Å²) in [6.07, 6.45) is 6.78. The van der Waals surface area contributed by atoms with E-state index in [2.05, 4.69) is 31.1 Å². The SMILES string of the molecule is CC1CCC(CNC(C)C)C(c2cncc(F)c2)C1. The summed E-state index contributed by atoms with van der Waals surface area (Å²) >= 11 is 0. The fourth-order valence-electron chi connectivity index (χ4n) is 3.11. The maximum atomic E-state index is 13.4. The normalized spacial score (nSPS) is 27.7. The molecule has 1 heterocycles. The largest absolute Gasteiger partial charge is 0.314 e. The summed E-state index contributed by atoms with van der Waals surface area (Å²) in [4.78, 5) is 4.02. The quantitative estimate of drug-likeness (QED) is 0.896. The average Bonchev–Trinajstić information content (AvgIpc) is 2.37. The topological polar surface area (TPSA) is 24.9 Å². The smallest absolute Gasteiger partial charge is 0.141 e. The van der Waals surface area contributed by atoms with Gasteiger partial charge in [-0.05, 0) is 48.8 Å². The van der Waals surface area contributed by atoms with Crippen LogP contribution in [0.4, 0.5) is 4.39 Å². The Bertz CT molecular complexity index is 405. The second-order valence-corrected chi connectivity index (χ2v) is 6.28. The number of aromatic nitrogens is 1. The second kappa shape index (κ2) is 6.47. The molecule has 1 aliphatic rings. The highest BCUT2D eigenvalue weighted by molar-refractivity contribution is 5.18. The molecule has 3 atom stereocenters. The van der Waals surface area contributed by atoms with Gasteiger partial charge in [-0.2, -0.15) is 0 Å². The van der Waals surface area contributed by atoms with Gasteiger partial charge < -0.3 is 5.32 Å². The molecule has 2 rings (SSSR count). The van der Waals surface area contributed by atoms with Crippen LogP contribution in [0.1, 0.15) is 51.5 Å². The molecule has 106 valence electrons. The molecule has 1 aromatic heterocycles. The highest BCUT2D eigenvalue weighted by atomic mass is 19.1. The Labute approximate surface area is 115 Å². The van der Waals surface area contributed by atoms with E-state index < -0.39 is 0 Å². The molecule has 1 aromatic rings. The lowest BCUT2D eigenvalue weighted by atomic mass is 9.72. The molecule has 3 unspecified atom stereocenters. The first kappa shape index (κ1) is 14.4. The Balaban J connectivity index is 2.12. The molecule has 1 fully saturated rings. The molecule has 0 bridgehead atoms. The number of nitrogens with one attached hydrogen (secondary N) is 1. The van der Waals surface area contributed by atoms with E-state index in [0.717, 1.165) is 24.4 Å². The molecule has 0 aliphatic heterocycles. The Morgan fingerprint density at radius 3 is 2.84 bits per heavy atom. The van der Waals surface area contributed by atoms with Crippen LogP contribution in [0.2, 0.25) is 0 Å². The van der Waals surface area contributed by atoms with Crippen molar-refractivity contribution in [2.45, 2.75) is 52.0 Å². The standard InChI is InChI=1S/C16H25FN2/c1-11(2)19-9-13-5-4-12(3)6-16(13)14-7-15(17)10-18-8-14/h7-8,10-13,16,19H,4-6,9H2,1-3H3. The lowest BCUT2D eigenvalue weighted by Gasteiger charge is -2.35. The fourth-order valence-corrected chi connectivity index (χ4v) is 3.11. The summed E-state index contributed by atoms with van der Waals surface area (Å²) in [7, 11) is 0. The summed E-state index contributed by atoms with van der Waals surface area (Å²) in [6.45, 7) is 7.66. The van der Waals surface area contributed by atoms with E-state index in [-0.39, 0.29) is 5.82 Å². The highest BCUT2D eigenvalue weighted by Crippen LogP contribution is 2.40. The number of hydrogen-bond donors (Lipinski definition) is 1. The first-order chi connectivity index (χ1) is 9.06. The molecule has 2 nitrogen and oxygen atoms in total. The molecule has 0 spiro atoms. The summed E-state index contributed by atoms with van der Waals surface area (Å²) in [5, 5.41) is 3.53. The molecule has 1 saturated carbocycles. The number of pyridine rings is 1. The van der Waals surface area contributed by atoms with Crippen LogP contribution in [0.15, 0.2) is 18.5 Å². The van der Waals surface area contributed by atoms with Gasteiger partial charge in [0.15, 0.2) is 0 Å². The maximum Gasteiger partial charge on any atom is 0.141 e. The van der Waals surface area contributed by atoms with Crippen molar-refractivity contribution >= 4 is 0 Å². The molecule has 1 aliphatic carbocycles. The molecule has 0 radical (unpaired) electrons. The first-order valence-electron chi connectivity index (χ1n) is 7.40. The van der Waals surface area contributed by atoms with E-state index in [1.807, 2.05) is 6.20 Å². The van der Waals surface area contributed by atoms with Gasteiger partial charge in [-0.3, -0.25) is 4.98 Å². The number of halogens is 1. The molecule has 19 heavy (non-hydrogen) atoms. The van der Waals surface area contributed by atoms with Crippen LogP contribution in [-0.2, 0) is 0 Å². The van der Waals surface area contributed by atoms with E-state index >= 15 is 0 Å². The van der Waals surface area contributed by atoms with Crippen molar-refractivity contribution in [1.82, 2.24) is 10.3 Å². The average molecular weight is 264 g/mol. The van der Waals surface area contributed by atoms with Gasteiger partial charge in [0.1, 0.15) is 5.82 Å². The van der Waals surface area contributed by atoms with Crippen LogP contribution in [0.25, 0.3) is 0 Å². The minimum atomic E-state index is -0.216. The second-order valence-electron chi connectivity index (χ2n) is 6.28. The van der Waals surface area contributed by atoms with Crippen molar-refractivity contribution in [3.05, 3.63) is 29.8 Å². The summed E-state index contributed by atoms with van der Waals surface area (Å²) < 4.78 is 13.4. The van der Waals surface area contributed by atoms with E-state index in [1.54, 1.807) is 6.07 Å². The summed E-state index contributed by atoms with van der Waals surface area (Å²) in [5.74, 6) is 1.55. The Hall–Kier alpha value is -0.960. The van der Waals surface area contributed by atoms with Crippen molar-refractivity contribution in [2.24, 2.45) is 11.8 Å². The van der Waals surface area contributed by atoms with Gasteiger partial charge >= 0.3 is 0 Å². The van der Waals surface area contributed by atoms with Gasteiger partial charge in [0.2, 0.25) is 0 Å². The highest BCUT2D eigenvalue weighted by Gasteiger charge is 2.30. The number of hydrogen-bond acceptors (Lipinski definition) is 2. The summed E-state index contributed by atoms with van der Waals surface area (Å²) in [6, 6.07) is 2.17. The molecule has 0 aromatic carbocycles. The first-order valence-corrected chi connectivity index (χ1v) is 7.40. The predicted molar refractivity (Wildman–Crippen MR) is 76.6 cm³/mol. The van der Waals surface area contributed by atoms with Gasteiger partial charge in [0.25, 0.3) is 0 Å². The monoisotopic (exact) mass is 264 g/mol. The molecule has 0 saturated heterocycles. The van der Waals surface area contributed by atoms with Crippen LogP contribution in [0.3, 0.4) is 0 Å². The van der Waals surface area contributed by atoms with Crippen LogP contribution in [0.5, 0.6) is 0 Å². The fraction of sp³-hybridized carbons (Fsp3) is 0.688. The van der Waals surface area contributed by atoms with E-state index in [1.165, 1.54) is 19.0 Å². The van der Waals surface area contributed by atoms with Crippen molar-refractivity contribution in [3.63, 3.8) is 0 Å². The van der Waals surface area contributed by atoms with Crippen molar-refractivity contribution in [1.29, 1.82) is 0 Å². The van der Waals surface area contributed by atoms with Crippen LogP contribution in [0, 0.1) is 17.7 Å². The van der Waals surface area contributed by atoms with Crippen molar-refractivity contribution in [3.8, 4) is 0 Å².